The number of anilines is 1. The van der Waals surface area contributed by atoms with E-state index in [4.69, 9.17) is 14.1 Å². The Morgan fingerprint density at radius 1 is 1.08 bits per heavy atom. The van der Waals surface area contributed by atoms with E-state index in [0.717, 1.165) is 18.7 Å². The molecule has 7 nitrogen and oxygen atoms in total. The van der Waals surface area contributed by atoms with Crippen molar-refractivity contribution in [3.63, 3.8) is 0 Å². The van der Waals surface area contributed by atoms with E-state index in [2.05, 4.69) is 33.7 Å². The van der Waals surface area contributed by atoms with Gasteiger partial charge in [0.15, 0.2) is 5.76 Å². The molecule has 1 aliphatic rings. The molecule has 128 valence electrons. The fraction of sp³-hybridized carbons (Fsp3) is 0.333. The van der Waals surface area contributed by atoms with Crippen molar-refractivity contribution in [1.29, 1.82) is 0 Å². The highest BCUT2D eigenvalue weighted by Crippen LogP contribution is 2.30. The maximum absolute atomic E-state index is 5.80. The Labute approximate surface area is 145 Å². The molecule has 2 atom stereocenters. The Morgan fingerprint density at radius 3 is 2.60 bits per heavy atom. The van der Waals surface area contributed by atoms with E-state index >= 15 is 0 Å². The molecule has 0 aliphatic carbocycles. The number of aromatic nitrogens is 4. The van der Waals surface area contributed by atoms with Crippen molar-refractivity contribution in [3.05, 3.63) is 43.2 Å². The minimum Gasteiger partial charge on any atom is -0.463 e. The lowest BCUT2D eigenvalue weighted by molar-refractivity contribution is -0.00571. The summed E-state index contributed by atoms with van der Waals surface area (Å²) in [5, 5.41) is 0. The Kier molecular flexibility index (Phi) is 4.15. The van der Waals surface area contributed by atoms with Gasteiger partial charge in [0.2, 0.25) is 5.95 Å². The summed E-state index contributed by atoms with van der Waals surface area (Å²) in [4.78, 5) is 20.0. The van der Waals surface area contributed by atoms with Gasteiger partial charge in [0.1, 0.15) is 5.69 Å². The zero-order chi connectivity index (χ0) is 17.2. The predicted octanol–water partition coefficient (Wildman–Crippen LogP) is 2.81. The Morgan fingerprint density at radius 2 is 1.92 bits per heavy atom. The second kappa shape index (κ2) is 6.60. The second-order valence-electron chi connectivity index (χ2n) is 6.16. The summed E-state index contributed by atoms with van der Waals surface area (Å²) in [5.41, 5.74) is 2.22. The van der Waals surface area contributed by atoms with E-state index in [-0.39, 0.29) is 12.2 Å². The molecule has 0 bridgehead atoms. The second-order valence-corrected chi connectivity index (χ2v) is 6.16. The van der Waals surface area contributed by atoms with Crippen LogP contribution < -0.4 is 4.90 Å². The first-order valence-electron chi connectivity index (χ1n) is 8.28. The topological polar surface area (TPSA) is 77.2 Å². The summed E-state index contributed by atoms with van der Waals surface area (Å²) >= 11 is 0. The van der Waals surface area contributed by atoms with E-state index < -0.39 is 0 Å². The van der Waals surface area contributed by atoms with Crippen LogP contribution in [0.25, 0.3) is 22.7 Å². The molecule has 0 saturated carbocycles. The van der Waals surface area contributed by atoms with Gasteiger partial charge in [0, 0.05) is 37.2 Å². The third kappa shape index (κ3) is 3.23. The summed E-state index contributed by atoms with van der Waals surface area (Å²) in [6, 6.07) is 3.73. The number of hydrogen-bond acceptors (Lipinski definition) is 7. The lowest BCUT2D eigenvalue weighted by Crippen LogP contribution is -2.46. The first-order chi connectivity index (χ1) is 12.2. The molecule has 0 unspecified atom stereocenters. The van der Waals surface area contributed by atoms with Gasteiger partial charge in [-0.1, -0.05) is 0 Å². The summed E-state index contributed by atoms with van der Waals surface area (Å²) in [5.74, 6) is 1.35. The normalized spacial score (nSPS) is 20.6. The average Bonchev–Trinajstić information content (AvgIpc) is 3.16. The smallest absolute Gasteiger partial charge is 0.226 e. The molecule has 3 aromatic rings. The van der Waals surface area contributed by atoms with Crippen molar-refractivity contribution in [2.24, 2.45) is 0 Å². The highest BCUT2D eigenvalue weighted by molar-refractivity contribution is 5.76. The lowest BCUT2D eigenvalue weighted by Gasteiger charge is -2.35. The molecule has 1 fully saturated rings. The highest BCUT2D eigenvalue weighted by Gasteiger charge is 2.25. The Hall–Kier alpha value is -2.80. The van der Waals surface area contributed by atoms with Crippen LogP contribution in [0.2, 0.25) is 0 Å². The van der Waals surface area contributed by atoms with Crippen LogP contribution in [0, 0.1) is 0 Å². The van der Waals surface area contributed by atoms with Gasteiger partial charge in [-0.15, -0.1) is 0 Å². The van der Waals surface area contributed by atoms with Gasteiger partial charge in [-0.3, -0.25) is 9.97 Å². The summed E-state index contributed by atoms with van der Waals surface area (Å²) < 4.78 is 11.4. The van der Waals surface area contributed by atoms with E-state index in [1.54, 1.807) is 31.1 Å². The van der Waals surface area contributed by atoms with Crippen molar-refractivity contribution in [3.8, 4) is 22.7 Å². The third-order valence-corrected chi connectivity index (χ3v) is 4.07. The molecule has 25 heavy (non-hydrogen) atoms. The molecular weight excluding hydrogens is 318 g/mol. The molecule has 1 aliphatic heterocycles. The number of furan rings is 1. The van der Waals surface area contributed by atoms with Crippen LogP contribution in [-0.4, -0.2) is 45.2 Å². The van der Waals surface area contributed by atoms with Crippen molar-refractivity contribution < 1.29 is 9.15 Å². The molecule has 4 rings (SSSR count). The van der Waals surface area contributed by atoms with E-state index in [9.17, 15) is 0 Å². The SMILES string of the molecule is C[C@H]1CN(c2ncc(-c3cnccn3)c(-c3ccco3)n2)C[C@H](C)O1. The molecule has 0 radical (unpaired) electrons. The van der Waals surface area contributed by atoms with Crippen LogP contribution in [0.3, 0.4) is 0 Å². The van der Waals surface area contributed by atoms with E-state index in [1.807, 2.05) is 12.1 Å². The number of hydrogen-bond donors (Lipinski definition) is 0. The molecule has 0 aromatic carbocycles. The van der Waals surface area contributed by atoms with Gasteiger partial charge in [-0.05, 0) is 26.0 Å². The fourth-order valence-electron chi connectivity index (χ4n) is 3.09. The largest absolute Gasteiger partial charge is 0.463 e. The number of morpholine rings is 1. The van der Waals surface area contributed by atoms with Crippen LogP contribution in [0.1, 0.15) is 13.8 Å². The van der Waals surface area contributed by atoms with E-state index in [1.165, 1.54) is 0 Å². The van der Waals surface area contributed by atoms with Crippen molar-refractivity contribution in [2.45, 2.75) is 26.1 Å². The molecule has 3 aromatic heterocycles. The molecule has 0 spiro atoms. The van der Waals surface area contributed by atoms with Crippen LogP contribution in [0.4, 0.5) is 5.95 Å². The Balaban J connectivity index is 1.78. The summed E-state index contributed by atoms with van der Waals surface area (Å²) in [7, 11) is 0. The fourth-order valence-corrected chi connectivity index (χ4v) is 3.09. The van der Waals surface area contributed by atoms with E-state index in [0.29, 0.717) is 23.1 Å². The third-order valence-electron chi connectivity index (χ3n) is 4.07. The minimum absolute atomic E-state index is 0.138. The molecule has 4 heterocycles. The molecule has 1 saturated heterocycles. The lowest BCUT2D eigenvalue weighted by atomic mass is 10.1. The van der Waals surface area contributed by atoms with Crippen LogP contribution in [0.15, 0.2) is 47.6 Å². The molecule has 7 heteroatoms. The maximum Gasteiger partial charge on any atom is 0.226 e. The maximum atomic E-state index is 5.80. The van der Waals surface area contributed by atoms with Gasteiger partial charge in [-0.25, -0.2) is 9.97 Å². The molecule has 0 amide bonds. The Bertz CT molecular complexity index is 828. The predicted molar refractivity (Wildman–Crippen MR) is 93.0 cm³/mol. The van der Waals surface area contributed by atoms with Crippen molar-refractivity contribution >= 4 is 5.95 Å². The van der Waals surface area contributed by atoms with Gasteiger partial charge < -0.3 is 14.1 Å². The highest BCUT2D eigenvalue weighted by atomic mass is 16.5. The van der Waals surface area contributed by atoms with Crippen LogP contribution in [0.5, 0.6) is 0 Å². The van der Waals surface area contributed by atoms with Crippen molar-refractivity contribution in [2.75, 3.05) is 18.0 Å². The summed E-state index contributed by atoms with van der Waals surface area (Å²) in [6.07, 6.45) is 8.69. The summed E-state index contributed by atoms with van der Waals surface area (Å²) in [6.45, 7) is 5.63. The monoisotopic (exact) mass is 337 g/mol. The van der Waals surface area contributed by atoms with Crippen LogP contribution >= 0.6 is 0 Å². The zero-order valence-electron chi connectivity index (χ0n) is 14.2. The van der Waals surface area contributed by atoms with Crippen LogP contribution in [-0.2, 0) is 4.74 Å². The first-order valence-corrected chi connectivity index (χ1v) is 8.28. The van der Waals surface area contributed by atoms with Gasteiger partial charge in [-0.2, -0.15) is 0 Å². The minimum atomic E-state index is 0.138. The first kappa shape index (κ1) is 15.7. The standard InChI is InChI=1S/C18H19N5O2/c1-12-10-23(11-13(2)25-12)18-21-8-14(15-9-19-5-6-20-15)17(22-18)16-4-3-7-24-16/h3-9,12-13H,10-11H2,1-2H3/t12-,13-/m0/s1. The zero-order valence-corrected chi connectivity index (χ0v) is 14.2. The number of rotatable bonds is 3. The number of ether oxygens (including phenoxy) is 1. The van der Waals surface area contributed by atoms with Gasteiger partial charge in [0.25, 0.3) is 0 Å². The molecule has 0 N–H and O–H groups in total. The van der Waals surface area contributed by atoms with Gasteiger partial charge >= 0.3 is 0 Å². The van der Waals surface area contributed by atoms with Crippen molar-refractivity contribution in [1.82, 2.24) is 19.9 Å². The van der Waals surface area contributed by atoms with Gasteiger partial charge in [0.05, 0.1) is 30.4 Å². The average molecular weight is 337 g/mol. The number of nitrogens with zero attached hydrogens (tertiary/aromatic N) is 5. The molecular formula is C18H19N5O2. The quantitative estimate of drug-likeness (QED) is 0.727.